The van der Waals surface area contributed by atoms with Crippen molar-refractivity contribution < 1.29 is 23.6 Å². The molecule has 0 radical (unpaired) electrons. The van der Waals surface area contributed by atoms with Crippen LogP contribution >= 0.6 is 0 Å². The summed E-state index contributed by atoms with van der Waals surface area (Å²) in [5.41, 5.74) is 0.623. The highest BCUT2D eigenvalue weighted by Gasteiger charge is 2.29. The van der Waals surface area contributed by atoms with Crippen molar-refractivity contribution in [1.82, 2.24) is 20.4 Å². The monoisotopic (exact) mass is 585 g/mol. The maximum atomic E-state index is 14.8. The Balaban J connectivity index is 0.000000507. The minimum Gasteiger partial charge on any atom is -0.369 e. The molecule has 1 unspecified atom stereocenters. The molecule has 4 fully saturated rings. The number of anilines is 1. The number of piperidine rings is 2. The summed E-state index contributed by atoms with van der Waals surface area (Å²) in [6.45, 7) is 8.56. The molecular formula is C32H48FN5O4. The number of likely N-dealkylation sites (tertiary alicyclic amines) is 1. The number of nitrogens with zero attached hydrogens (tertiary/aromatic N) is 3. The van der Waals surface area contributed by atoms with Crippen molar-refractivity contribution in [2.24, 2.45) is 11.8 Å². The Morgan fingerprint density at radius 1 is 1.00 bits per heavy atom. The highest BCUT2D eigenvalue weighted by Crippen LogP contribution is 2.24. The van der Waals surface area contributed by atoms with Gasteiger partial charge in [0.05, 0.1) is 5.56 Å². The lowest BCUT2D eigenvalue weighted by molar-refractivity contribution is -0.134. The van der Waals surface area contributed by atoms with Crippen LogP contribution < -0.4 is 15.5 Å². The molecule has 0 aromatic heterocycles. The molecule has 5 rings (SSSR count). The third-order valence-electron chi connectivity index (χ3n) is 9.26. The second-order valence-corrected chi connectivity index (χ2v) is 12.4. The van der Waals surface area contributed by atoms with E-state index in [0.717, 1.165) is 83.1 Å². The number of piperazine rings is 1. The van der Waals surface area contributed by atoms with Crippen molar-refractivity contribution in [3.05, 3.63) is 29.6 Å². The van der Waals surface area contributed by atoms with Gasteiger partial charge in [0.1, 0.15) is 11.9 Å². The van der Waals surface area contributed by atoms with Crippen molar-refractivity contribution in [1.29, 1.82) is 0 Å². The van der Waals surface area contributed by atoms with Crippen molar-refractivity contribution in [2.75, 3.05) is 50.7 Å². The molecule has 42 heavy (non-hydrogen) atoms. The minimum atomic E-state index is -0.837. The molecule has 10 heteroatoms. The number of halogens is 1. The Morgan fingerprint density at radius 3 is 2.31 bits per heavy atom. The highest BCUT2D eigenvalue weighted by atomic mass is 19.1. The first kappa shape index (κ1) is 31.9. The summed E-state index contributed by atoms with van der Waals surface area (Å²) in [7, 11) is 0. The second kappa shape index (κ2) is 16.0. The zero-order chi connectivity index (χ0) is 29.9. The number of carbonyl (C=O) groups excluding carboxylic acids is 4. The van der Waals surface area contributed by atoms with Crippen LogP contribution in [0.2, 0.25) is 0 Å². The number of rotatable bonds is 8. The Bertz CT molecular complexity index is 1060. The largest absolute Gasteiger partial charge is 0.369 e. The second-order valence-electron chi connectivity index (χ2n) is 12.4. The summed E-state index contributed by atoms with van der Waals surface area (Å²) in [5.74, 6) is -0.476. The van der Waals surface area contributed by atoms with Gasteiger partial charge in [0.2, 0.25) is 18.2 Å². The zero-order valence-electron chi connectivity index (χ0n) is 25.1. The standard InChI is InChI=1S/C25H34FN5O4.C7H14/c26-21-16-19(3-4-20(21)24(34)27-22-5-6-23(33)28-25(22)35)31-14-12-29(13-15-31)9-1-2-18-7-10-30(17-32)11-8-18;1-7-5-3-2-4-6-7/h3-4,16-18,22H,1-2,5-15H2,(H,27,34)(H,28,33,35);7H,2-6H2,1H3. The molecule has 1 atom stereocenters. The van der Waals surface area contributed by atoms with E-state index in [1.807, 2.05) is 4.90 Å². The predicted molar refractivity (Wildman–Crippen MR) is 161 cm³/mol. The van der Waals surface area contributed by atoms with Gasteiger partial charge in [-0.25, -0.2) is 4.39 Å². The molecule has 1 saturated carbocycles. The maximum absolute atomic E-state index is 14.8. The molecule has 2 N–H and O–H groups in total. The molecule has 3 heterocycles. The topological polar surface area (TPSA) is 102 Å². The van der Waals surface area contributed by atoms with Gasteiger partial charge < -0.3 is 15.1 Å². The molecule has 3 aliphatic heterocycles. The molecule has 0 spiro atoms. The predicted octanol–water partition coefficient (Wildman–Crippen LogP) is 3.72. The fourth-order valence-corrected chi connectivity index (χ4v) is 6.44. The van der Waals surface area contributed by atoms with E-state index in [2.05, 4.69) is 27.4 Å². The lowest BCUT2D eigenvalue weighted by atomic mass is 9.91. The number of imide groups is 1. The summed E-state index contributed by atoms with van der Waals surface area (Å²) < 4.78 is 14.8. The van der Waals surface area contributed by atoms with E-state index in [0.29, 0.717) is 5.92 Å². The van der Waals surface area contributed by atoms with Gasteiger partial charge in [-0.3, -0.25) is 29.4 Å². The average Bonchev–Trinajstić information content (AvgIpc) is 3.00. The fourth-order valence-electron chi connectivity index (χ4n) is 6.44. The van der Waals surface area contributed by atoms with Crippen LogP contribution in [0.4, 0.5) is 10.1 Å². The molecule has 1 aromatic carbocycles. The summed E-state index contributed by atoms with van der Waals surface area (Å²) in [6.07, 6.45) is 13.3. The first-order valence-corrected chi connectivity index (χ1v) is 15.9. The van der Waals surface area contributed by atoms with E-state index in [1.54, 1.807) is 6.07 Å². The van der Waals surface area contributed by atoms with Crippen LogP contribution in [0, 0.1) is 17.7 Å². The minimum absolute atomic E-state index is 0.115. The van der Waals surface area contributed by atoms with Gasteiger partial charge >= 0.3 is 0 Å². The van der Waals surface area contributed by atoms with Crippen LogP contribution in [0.5, 0.6) is 0 Å². The Morgan fingerprint density at radius 2 is 1.71 bits per heavy atom. The lowest BCUT2D eigenvalue weighted by Gasteiger charge is -2.36. The molecular weight excluding hydrogens is 537 g/mol. The van der Waals surface area contributed by atoms with Gasteiger partial charge in [0, 0.05) is 51.4 Å². The normalized spacial score (nSPS) is 22.7. The van der Waals surface area contributed by atoms with Crippen LogP contribution in [0.1, 0.15) is 87.9 Å². The van der Waals surface area contributed by atoms with E-state index < -0.39 is 23.7 Å². The molecule has 4 aliphatic rings. The summed E-state index contributed by atoms with van der Waals surface area (Å²) in [6, 6.07) is 3.73. The van der Waals surface area contributed by atoms with Crippen LogP contribution in [0.15, 0.2) is 18.2 Å². The molecule has 1 aromatic rings. The summed E-state index contributed by atoms with van der Waals surface area (Å²) >= 11 is 0. The molecule has 0 bridgehead atoms. The van der Waals surface area contributed by atoms with E-state index in [4.69, 9.17) is 0 Å². The zero-order valence-corrected chi connectivity index (χ0v) is 25.1. The van der Waals surface area contributed by atoms with E-state index in [9.17, 15) is 23.6 Å². The smallest absolute Gasteiger partial charge is 0.254 e. The third-order valence-corrected chi connectivity index (χ3v) is 9.26. The van der Waals surface area contributed by atoms with Gasteiger partial charge in [0.15, 0.2) is 0 Å². The van der Waals surface area contributed by atoms with Crippen molar-refractivity contribution in [3.63, 3.8) is 0 Å². The average molecular weight is 586 g/mol. The number of carbonyl (C=O) groups is 4. The number of hydrogen-bond acceptors (Lipinski definition) is 6. The summed E-state index contributed by atoms with van der Waals surface area (Å²) in [4.78, 5) is 52.8. The summed E-state index contributed by atoms with van der Waals surface area (Å²) in [5, 5.41) is 4.70. The lowest BCUT2D eigenvalue weighted by Crippen LogP contribution is -2.52. The Labute approximate surface area is 249 Å². The van der Waals surface area contributed by atoms with Crippen LogP contribution in [-0.4, -0.2) is 85.8 Å². The Kier molecular flexibility index (Phi) is 12.2. The number of hydrogen-bond donors (Lipinski definition) is 2. The van der Waals surface area contributed by atoms with Gasteiger partial charge in [0.25, 0.3) is 5.91 Å². The SMILES string of the molecule is CC1CCCCC1.O=CN1CCC(CCCN2CCN(c3ccc(C(=O)NC4CCC(=O)NC4=O)c(F)c3)CC2)CC1. The van der Waals surface area contributed by atoms with Crippen LogP contribution in [0.3, 0.4) is 0 Å². The molecule has 1 aliphatic carbocycles. The molecule has 9 nitrogen and oxygen atoms in total. The molecule has 3 saturated heterocycles. The van der Waals surface area contributed by atoms with E-state index in [1.165, 1.54) is 50.7 Å². The number of benzene rings is 1. The number of amides is 4. The Hall–Kier alpha value is -3.01. The third kappa shape index (κ3) is 9.51. The van der Waals surface area contributed by atoms with Gasteiger partial charge in [-0.05, 0) is 68.7 Å². The first-order chi connectivity index (χ1) is 20.3. The van der Waals surface area contributed by atoms with Gasteiger partial charge in [-0.15, -0.1) is 0 Å². The quantitative estimate of drug-likeness (QED) is 0.356. The van der Waals surface area contributed by atoms with Crippen LogP contribution in [0.25, 0.3) is 0 Å². The van der Waals surface area contributed by atoms with E-state index >= 15 is 0 Å². The van der Waals surface area contributed by atoms with Crippen molar-refractivity contribution >= 4 is 29.8 Å². The molecule has 4 amide bonds. The molecule has 232 valence electrons. The van der Waals surface area contributed by atoms with Gasteiger partial charge in [-0.2, -0.15) is 0 Å². The van der Waals surface area contributed by atoms with Gasteiger partial charge in [-0.1, -0.05) is 39.0 Å². The van der Waals surface area contributed by atoms with Crippen LogP contribution in [-0.2, 0) is 14.4 Å². The fraction of sp³-hybridized carbons (Fsp3) is 0.688. The highest BCUT2D eigenvalue weighted by molar-refractivity contribution is 6.03. The van der Waals surface area contributed by atoms with E-state index in [-0.39, 0.29) is 24.3 Å². The first-order valence-electron chi connectivity index (χ1n) is 15.9. The van der Waals surface area contributed by atoms with Crippen molar-refractivity contribution in [3.8, 4) is 0 Å². The number of nitrogens with one attached hydrogen (secondary N) is 2. The van der Waals surface area contributed by atoms with Crippen molar-refractivity contribution in [2.45, 2.75) is 83.6 Å². The maximum Gasteiger partial charge on any atom is 0.254 e.